The molecule has 0 aromatic carbocycles. The fourth-order valence-electron chi connectivity index (χ4n) is 2.06. The minimum Gasteiger partial charge on any atom is -0.340 e. The van der Waals surface area contributed by atoms with Crippen LogP contribution in [0.5, 0.6) is 0 Å². The first-order valence-electron chi connectivity index (χ1n) is 5.41. The van der Waals surface area contributed by atoms with E-state index >= 15 is 0 Å². The highest BCUT2D eigenvalue weighted by Gasteiger charge is 2.48. The van der Waals surface area contributed by atoms with Crippen LogP contribution in [0.25, 0.3) is 0 Å². The van der Waals surface area contributed by atoms with Gasteiger partial charge in [-0.15, -0.1) is 12.4 Å². The minimum atomic E-state index is -0.490. The van der Waals surface area contributed by atoms with Gasteiger partial charge in [-0.1, -0.05) is 0 Å². The molecule has 0 bridgehead atoms. The quantitative estimate of drug-likeness (QED) is 0.712. The van der Waals surface area contributed by atoms with Gasteiger partial charge in [0.05, 0.1) is 5.54 Å². The summed E-state index contributed by atoms with van der Waals surface area (Å²) in [6.07, 6.45) is 3.99. The lowest BCUT2D eigenvalue weighted by Crippen LogP contribution is -2.53. The van der Waals surface area contributed by atoms with E-state index in [1.165, 1.54) is 0 Å². The lowest BCUT2D eigenvalue weighted by atomic mass is 10.0. The zero-order valence-corrected chi connectivity index (χ0v) is 9.98. The van der Waals surface area contributed by atoms with E-state index in [2.05, 4.69) is 5.32 Å². The highest BCUT2D eigenvalue weighted by Crippen LogP contribution is 2.34. The second-order valence-electron chi connectivity index (χ2n) is 4.54. The van der Waals surface area contributed by atoms with E-state index in [4.69, 9.17) is 5.73 Å². The minimum absolute atomic E-state index is 0. The Kier molecular flexibility index (Phi) is 3.98. The van der Waals surface area contributed by atoms with E-state index in [-0.39, 0.29) is 18.3 Å². The molecule has 88 valence electrons. The molecule has 0 aromatic rings. The Morgan fingerprint density at radius 3 is 2.73 bits per heavy atom. The smallest absolute Gasteiger partial charge is 0.242 e. The highest BCUT2D eigenvalue weighted by atomic mass is 35.5. The van der Waals surface area contributed by atoms with Crippen LogP contribution in [0.1, 0.15) is 25.7 Å². The third-order valence-corrected chi connectivity index (χ3v) is 3.33. The predicted molar refractivity (Wildman–Crippen MR) is 62.1 cm³/mol. The normalized spacial score (nSPS) is 28.1. The Hall–Kier alpha value is -0.320. The van der Waals surface area contributed by atoms with E-state index in [1.807, 2.05) is 11.9 Å². The summed E-state index contributed by atoms with van der Waals surface area (Å²) in [5, 5.41) is 3.23. The van der Waals surface area contributed by atoms with Crippen LogP contribution in [0.4, 0.5) is 0 Å². The van der Waals surface area contributed by atoms with Crippen molar-refractivity contribution < 1.29 is 4.79 Å². The lowest BCUT2D eigenvalue weighted by Gasteiger charge is -2.34. The highest BCUT2D eigenvalue weighted by molar-refractivity contribution is 5.89. The Balaban J connectivity index is 0.00000112. The third-order valence-electron chi connectivity index (χ3n) is 3.33. The molecule has 1 unspecified atom stereocenters. The van der Waals surface area contributed by atoms with E-state index in [1.54, 1.807) is 0 Å². The number of hydrogen-bond acceptors (Lipinski definition) is 3. The summed E-state index contributed by atoms with van der Waals surface area (Å²) in [4.78, 5) is 13.8. The van der Waals surface area contributed by atoms with Crippen molar-refractivity contribution in [2.75, 3.05) is 20.1 Å². The van der Waals surface area contributed by atoms with Crippen molar-refractivity contribution in [2.45, 2.75) is 37.3 Å². The van der Waals surface area contributed by atoms with Gasteiger partial charge in [0.2, 0.25) is 5.91 Å². The summed E-state index contributed by atoms with van der Waals surface area (Å²) in [6, 6.07) is 0.454. The number of nitrogens with zero attached hydrogens (tertiary/aromatic N) is 1. The number of halogens is 1. The molecule has 0 radical (unpaired) electrons. The number of carbonyl (C=O) groups excluding carboxylic acids is 1. The molecular weight excluding hydrogens is 214 g/mol. The van der Waals surface area contributed by atoms with Crippen molar-refractivity contribution in [3.8, 4) is 0 Å². The van der Waals surface area contributed by atoms with Crippen LogP contribution in [0.2, 0.25) is 0 Å². The maximum atomic E-state index is 11.9. The Labute approximate surface area is 97.0 Å². The van der Waals surface area contributed by atoms with Crippen LogP contribution in [-0.2, 0) is 4.79 Å². The SMILES string of the molecule is CNC1CCCN(C(=O)C2(N)CC2)C1.Cl. The molecule has 1 atom stereocenters. The maximum Gasteiger partial charge on any atom is 0.242 e. The Morgan fingerprint density at radius 2 is 2.20 bits per heavy atom. The Bertz CT molecular complexity index is 243. The molecule has 1 aliphatic heterocycles. The maximum absolute atomic E-state index is 11.9. The summed E-state index contributed by atoms with van der Waals surface area (Å²) >= 11 is 0. The number of piperidine rings is 1. The van der Waals surface area contributed by atoms with Crippen molar-refractivity contribution in [2.24, 2.45) is 5.73 Å². The van der Waals surface area contributed by atoms with E-state index < -0.39 is 5.54 Å². The molecule has 2 aliphatic rings. The molecule has 1 saturated carbocycles. The van der Waals surface area contributed by atoms with Gasteiger partial charge >= 0.3 is 0 Å². The van der Waals surface area contributed by atoms with Crippen LogP contribution >= 0.6 is 12.4 Å². The summed E-state index contributed by atoms with van der Waals surface area (Å²) < 4.78 is 0. The van der Waals surface area contributed by atoms with Gasteiger partial charge in [0.15, 0.2) is 0 Å². The van der Waals surface area contributed by atoms with Crippen molar-refractivity contribution in [3.05, 3.63) is 0 Å². The Morgan fingerprint density at radius 1 is 1.53 bits per heavy atom. The van der Waals surface area contributed by atoms with Gasteiger partial charge in [-0.3, -0.25) is 4.79 Å². The molecule has 2 fully saturated rings. The second kappa shape index (κ2) is 4.68. The molecule has 5 heteroatoms. The molecule has 15 heavy (non-hydrogen) atoms. The first-order chi connectivity index (χ1) is 6.65. The molecule has 1 saturated heterocycles. The molecule has 1 heterocycles. The van der Waals surface area contributed by atoms with Crippen molar-refractivity contribution in [1.82, 2.24) is 10.2 Å². The summed E-state index contributed by atoms with van der Waals surface area (Å²) in [6.45, 7) is 1.71. The number of likely N-dealkylation sites (tertiary alicyclic amines) is 1. The van der Waals surface area contributed by atoms with Gasteiger partial charge in [0, 0.05) is 19.1 Å². The van der Waals surface area contributed by atoms with Crippen molar-refractivity contribution >= 4 is 18.3 Å². The van der Waals surface area contributed by atoms with Gasteiger partial charge in [0.1, 0.15) is 0 Å². The number of carbonyl (C=O) groups is 1. The third kappa shape index (κ3) is 2.62. The first-order valence-corrected chi connectivity index (χ1v) is 5.41. The van der Waals surface area contributed by atoms with Crippen LogP contribution in [0, 0.1) is 0 Å². The van der Waals surface area contributed by atoms with Gasteiger partial charge in [-0.2, -0.15) is 0 Å². The second-order valence-corrected chi connectivity index (χ2v) is 4.54. The van der Waals surface area contributed by atoms with Gasteiger partial charge in [-0.05, 0) is 32.7 Å². The molecular formula is C10H20ClN3O. The molecule has 1 amide bonds. The number of likely N-dealkylation sites (N-methyl/N-ethyl adjacent to an activating group) is 1. The fourth-order valence-corrected chi connectivity index (χ4v) is 2.06. The van der Waals surface area contributed by atoms with Gasteiger partial charge < -0.3 is 16.0 Å². The molecule has 3 N–H and O–H groups in total. The van der Waals surface area contributed by atoms with Crippen molar-refractivity contribution in [1.29, 1.82) is 0 Å². The number of amides is 1. The number of nitrogens with one attached hydrogen (secondary N) is 1. The molecule has 0 aromatic heterocycles. The average Bonchev–Trinajstić information content (AvgIpc) is 2.97. The van der Waals surface area contributed by atoms with E-state index in [0.29, 0.717) is 6.04 Å². The van der Waals surface area contributed by atoms with E-state index in [9.17, 15) is 4.79 Å². The number of nitrogens with two attached hydrogens (primary N) is 1. The van der Waals surface area contributed by atoms with Crippen LogP contribution in [0.15, 0.2) is 0 Å². The summed E-state index contributed by atoms with van der Waals surface area (Å²) in [5.74, 6) is 0.164. The topological polar surface area (TPSA) is 58.4 Å². The first kappa shape index (κ1) is 12.7. The summed E-state index contributed by atoms with van der Waals surface area (Å²) in [7, 11) is 1.95. The lowest BCUT2D eigenvalue weighted by molar-refractivity contribution is -0.134. The predicted octanol–water partition coefficient (Wildman–Crippen LogP) is 0.110. The molecule has 2 rings (SSSR count). The van der Waals surface area contributed by atoms with Crippen LogP contribution in [-0.4, -0.2) is 42.5 Å². The van der Waals surface area contributed by atoms with Crippen LogP contribution < -0.4 is 11.1 Å². The van der Waals surface area contributed by atoms with Crippen molar-refractivity contribution in [3.63, 3.8) is 0 Å². The molecule has 1 aliphatic carbocycles. The average molecular weight is 234 g/mol. The van der Waals surface area contributed by atoms with E-state index in [0.717, 1.165) is 38.8 Å². The zero-order chi connectivity index (χ0) is 10.2. The largest absolute Gasteiger partial charge is 0.340 e. The number of hydrogen-bond donors (Lipinski definition) is 2. The van der Waals surface area contributed by atoms with Gasteiger partial charge in [0.25, 0.3) is 0 Å². The molecule has 4 nitrogen and oxygen atoms in total. The van der Waals surface area contributed by atoms with Gasteiger partial charge in [-0.25, -0.2) is 0 Å². The summed E-state index contributed by atoms with van der Waals surface area (Å²) in [5.41, 5.74) is 5.41. The zero-order valence-electron chi connectivity index (χ0n) is 9.16. The fraction of sp³-hybridized carbons (Fsp3) is 0.900. The number of rotatable bonds is 2. The standard InChI is InChI=1S/C10H19N3O.ClH/c1-12-8-3-2-6-13(7-8)9(14)10(11)4-5-10;/h8,12H,2-7,11H2,1H3;1H. The van der Waals surface area contributed by atoms with Crippen LogP contribution in [0.3, 0.4) is 0 Å². The monoisotopic (exact) mass is 233 g/mol. The molecule has 0 spiro atoms.